The number of nitrogens with one attached hydrogen (secondary N) is 1. The number of aromatic nitrogens is 4. The molecule has 9 heteroatoms. The lowest BCUT2D eigenvalue weighted by Crippen LogP contribution is -2.42. The van der Waals surface area contributed by atoms with Gasteiger partial charge in [-0.05, 0) is 31.5 Å². The van der Waals surface area contributed by atoms with Crippen molar-refractivity contribution in [1.82, 2.24) is 18.9 Å². The molecule has 0 aliphatic rings. The Bertz CT molecular complexity index is 1420. The summed E-state index contributed by atoms with van der Waals surface area (Å²) in [5.41, 5.74) is 0.694. The zero-order valence-corrected chi connectivity index (χ0v) is 17.7. The van der Waals surface area contributed by atoms with E-state index >= 15 is 0 Å². The van der Waals surface area contributed by atoms with Crippen molar-refractivity contribution in [1.29, 1.82) is 0 Å². The van der Waals surface area contributed by atoms with Crippen LogP contribution < -0.4 is 16.6 Å². The Morgan fingerprint density at radius 2 is 1.69 bits per heavy atom. The van der Waals surface area contributed by atoms with E-state index < -0.39 is 29.5 Å². The third kappa shape index (κ3) is 3.84. The Labute approximate surface area is 182 Å². The highest BCUT2D eigenvalue weighted by Gasteiger charge is 2.22. The minimum absolute atomic E-state index is 0.0142. The molecule has 0 saturated carbocycles. The highest BCUT2D eigenvalue weighted by molar-refractivity contribution is 5.91. The molecule has 0 saturated heterocycles. The predicted molar refractivity (Wildman–Crippen MR) is 119 cm³/mol. The monoisotopic (exact) mass is 435 g/mol. The van der Waals surface area contributed by atoms with Gasteiger partial charge in [-0.2, -0.15) is 5.10 Å². The number of carbonyl (C=O) groups excluding carboxylic acids is 1. The smallest absolute Gasteiger partial charge is 0.322 e. The maximum Gasteiger partial charge on any atom is 0.332 e. The molecule has 4 aromatic rings. The van der Waals surface area contributed by atoms with Gasteiger partial charge in [-0.25, -0.2) is 9.18 Å². The molecule has 0 spiro atoms. The van der Waals surface area contributed by atoms with Gasteiger partial charge in [0.15, 0.2) is 5.52 Å². The molecular weight excluding hydrogens is 413 g/mol. The number of rotatable bonds is 6. The summed E-state index contributed by atoms with van der Waals surface area (Å²) < 4.78 is 17.8. The number of halogens is 1. The van der Waals surface area contributed by atoms with Crippen LogP contribution in [0.2, 0.25) is 0 Å². The Kier molecular flexibility index (Phi) is 5.72. The van der Waals surface area contributed by atoms with E-state index in [4.69, 9.17) is 0 Å². The lowest BCUT2D eigenvalue weighted by Gasteiger charge is -2.13. The fraction of sp³-hybridized carbons (Fsp3) is 0.217. The highest BCUT2D eigenvalue weighted by Crippen LogP contribution is 2.16. The van der Waals surface area contributed by atoms with Crippen LogP contribution in [0.4, 0.5) is 10.1 Å². The molecule has 0 unspecified atom stereocenters. The van der Waals surface area contributed by atoms with E-state index in [0.717, 1.165) is 10.1 Å². The number of aryl methyl sites for hydroxylation is 2. The number of hydrogen-bond acceptors (Lipinski definition) is 4. The van der Waals surface area contributed by atoms with Crippen LogP contribution in [0.3, 0.4) is 0 Å². The van der Waals surface area contributed by atoms with Crippen molar-refractivity contribution in [3.8, 4) is 0 Å². The van der Waals surface area contributed by atoms with Crippen LogP contribution in [0.25, 0.3) is 11.0 Å². The Balaban J connectivity index is 1.84. The molecule has 0 radical (unpaired) electrons. The molecule has 0 fully saturated rings. The van der Waals surface area contributed by atoms with Crippen molar-refractivity contribution in [3.63, 3.8) is 0 Å². The fourth-order valence-electron chi connectivity index (χ4n) is 3.74. The van der Waals surface area contributed by atoms with Crippen LogP contribution in [0.1, 0.15) is 18.2 Å². The number of para-hydroxylation sites is 1. The maximum absolute atomic E-state index is 14.0. The molecule has 2 aromatic heterocycles. The third-order valence-electron chi connectivity index (χ3n) is 5.21. The molecule has 32 heavy (non-hydrogen) atoms. The molecule has 4 rings (SSSR count). The fourth-order valence-corrected chi connectivity index (χ4v) is 3.74. The van der Waals surface area contributed by atoms with Gasteiger partial charge in [-0.1, -0.05) is 42.5 Å². The first kappa shape index (κ1) is 21.2. The van der Waals surface area contributed by atoms with Crippen LogP contribution in [0.15, 0.2) is 64.2 Å². The normalized spacial score (nSPS) is 11.1. The van der Waals surface area contributed by atoms with Gasteiger partial charge < -0.3 is 5.32 Å². The van der Waals surface area contributed by atoms with E-state index in [0.29, 0.717) is 17.8 Å². The summed E-state index contributed by atoms with van der Waals surface area (Å²) in [6, 6.07) is 14.9. The van der Waals surface area contributed by atoms with Crippen molar-refractivity contribution in [2.75, 3.05) is 5.32 Å². The third-order valence-corrected chi connectivity index (χ3v) is 5.21. The molecular formula is C23H22FN5O3. The van der Waals surface area contributed by atoms with Gasteiger partial charge in [-0.3, -0.25) is 23.4 Å². The Morgan fingerprint density at radius 1 is 1.00 bits per heavy atom. The molecule has 1 N–H and O–H groups in total. The van der Waals surface area contributed by atoms with E-state index in [1.54, 1.807) is 13.0 Å². The number of benzene rings is 2. The van der Waals surface area contributed by atoms with Gasteiger partial charge in [0.2, 0.25) is 5.91 Å². The van der Waals surface area contributed by atoms with Crippen molar-refractivity contribution >= 4 is 22.6 Å². The molecule has 0 atom stereocenters. The van der Waals surface area contributed by atoms with Crippen molar-refractivity contribution < 1.29 is 9.18 Å². The molecule has 0 aliphatic carbocycles. The quantitative estimate of drug-likeness (QED) is 0.504. The standard InChI is InChI=1S/C23H22FN5O3/c1-3-29-21-20(15(2)26-29)27(14-19(30)25-18-12-8-7-11-17(18)24)23(32)28(22(21)31)13-16-9-5-4-6-10-16/h4-12H,3,13-14H2,1-2H3,(H,25,30). The SMILES string of the molecule is CCn1nc(C)c2c1c(=O)n(Cc1ccccc1)c(=O)n2CC(=O)Nc1ccccc1F. The number of anilines is 1. The van der Waals surface area contributed by atoms with Gasteiger partial charge in [0.25, 0.3) is 5.56 Å². The Hall–Kier alpha value is -4.01. The second-order valence-electron chi connectivity index (χ2n) is 7.37. The number of carbonyl (C=O) groups is 1. The second kappa shape index (κ2) is 8.62. The minimum atomic E-state index is -0.631. The zero-order chi connectivity index (χ0) is 22.8. The van der Waals surface area contributed by atoms with Crippen LogP contribution in [0, 0.1) is 12.7 Å². The van der Waals surface area contributed by atoms with E-state index in [-0.39, 0.29) is 17.7 Å². The van der Waals surface area contributed by atoms with E-state index in [2.05, 4.69) is 10.4 Å². The first-order chi connectivity index (χ1) is 15.4. The highest BCUT2D eigenvalue weighted by atomic mass is 19.1. The second-order valence-corrected chi connectivity index (χ2v) is 7.37. The average molecular weight is 435 g/mol. The van der Waals surface area contributed by atoms with Crippen LogP contribution >= 0.6 is 0 Å². The summed E-state index contributed by atoms with van der Waals surface area (Å²) in [6.45, 7) is 3.60. The molecule has 2 heterocycles. The van der Waals surface area contributed by atoms with Crippen molar-refractivity contribution in [2.24, 2.45) is 0 Å². The number of amides is 1. The van der Waals surface area contributed by atoms with Crippen LogP contribution in [0.5, 0.6) is 0 Å². The lowest BCUT2D eigenvalue weighted by atomic mass is 10.2. The largest absolute Gasteiger partial charge is 0.332 e. The molecule has 2 aromatic carbocycles. The Morgan fingerprint density at radius 3 is 2.38 bits per heavy atom. The molecule has 8 nitrogen and oxygen atoms in total. The van der Waals surface area contributed by atoms with E-state index in [1.807, 2.05) is 37.3 Å². The minimum Gasteiger partial charge on any atom is -0.322 e. The van der Waals surface area contributed by atoms with Gasteiger partial charge in [0, 0.05) is 6.54 Å². The van der Waals surface area contributed by atoms with Gasteiger partial charge >= 0.3 is 5.69 Å². The average Bonchev–Trinajstić information content (AvgIpc) is 3.13. The first-order valence-electron chi connectivity index (χ1n) is 10.2. The summed E-state index contributed by atoms with van der Waals surface area (Å²) in [6.07, 6.45) is 0. The van der Waals surface area contributed by atoms with Crippen molar-refractivity contribution in [2.45, 2.75) is 33.5 Å². The topological polar surface area (TPSA) is 90.9 Å². The molecule has 0 aliphatic heterocycles. The maximum atomic E-state index is 14.0. The van der Waals surface area contributed by atoms with Crippen LogP contribution in [-0.2, 0) is 24.4 Å². The lowest BCUT2D eigenvalue weighted by molar-refractivity contribution is -0.116. The summed E-state index contributed by atoms with van der Waals surface area (Å²) in [5.74, 6) is -1.17. The van der Waals surface area contributed by atoms with Crippen LogP contribution in [-0.4, -0.2) is 24.8 Å². The van der Waals surface area contributed by atoms with Crippen molar-refractivity contribution in [3.05, 3.63) is 92.5 Å². The molecule has 1 amide bonds. The summed E-state index contributed by atoms with van der Waals surface area (Å²) >= 11 is 0. The number of nitrogens with zero attached hydrogens (tertiary/aromatic N) is 4. The molecule has 164 valence electrons. The zero-order valence-electron chi connectivity index (χ0n) is 17.7. The summed E-state index contributed by atoms with van der Waals surface area (Å²) in [5, 5.41) is 6.86. The van der Waals surface area contributed by atoms with E-state index in [1.165, 1.54) is 27.4 Å². The number of hydrogen-bond donors (Lipinski definition) is 1. The molecule has 0 bridgehead atoms. The van der Waals surface area contributed by atoms with E-state index in [9.17, 15) is 18.8 Å². The van der Waals surface area contributed by atoms with Gasteiger partial charge in [-0.15, -0.1) is 0 Å². The summed E-state index contributed by atoms with van der Waals surface area (Å²) in [7, 11) is 0. The van der Waals surface area contributed by atoms with Gasteiger partial charge in [0.05, 0.1) is 17.9 Å². The predicted octanol–water partition coefficient (Wildman–Crippen LogP) is 2.51. The number of fused-ring (bicyclic) bond motifs is 1. The van der Waals surface area contributed by atoms with Gasteiger partial charge in [0.1, 0.15) is 17.9 Å². The summed E-state index contributed by atoms with van der Waals surface area (Å²) in [4.78, 5) is 39.3. The first-order valence-corrected chi connectivity index (χ1v) is 10.2.